The summed E-state index contributed by atoms with van der Waals surface area (Å²) in [6.07, 6.45) is 1.75. The first kappa shape index (κ1) is 16.8. The lowest BCUT2D eigenvalue weighted by atomic mass is 10.1. The topological polar surface area (TPSA) is 66.8 Å². The smallest absolute Gasteiger partial charge is 0.340 e. The number of hydrogen-bond donors (Lipinski definition) is 0. The van der Waals surface area contributed by atoms with Crippen molar-refractivity contribution in [3.05, 3.63) is 57.9 Å². The highest BCUT2D eigenvalue weighted by molar-refractivity contribution is 6.07. The molecule has 130 valence electrons. The predicted molar refractivity (Wildman–Crippen MR) is 92.0 cm³/mol. The number of nitrogens with zero attached hydrogens (tertiary/aromatic N) is 1. The highest BCUT2D eigenvalue weighted by Crippen LogP contribution is 2.33. The molecular formula is C19H19NO5. The van der Waals surface area contributed by atoms with Gasteiger partial charge in [0.25, 0.3) is 0 Å². The van der Waals surface area contributed by atoms with E-state index in [1.165, 1.54) is 14.2 Å². The van der Waals surface area contributed by atoms with E-state index in [1.807, 2.05) is 31.2 Å². The number of aromatic nitrogens is 1. The molecule has 0 bridgehead atoms. The van der Waals surface area contributed by atoms with Crippen LogP contribution in [0, 0.1) is 13.8 Å². The predicted octanol–water partition coefficient (Wildman–Crippen LogP) is 3.16. The monoisotopic (exact) mass is 341 g/mol. The van der Waals surface area contributed by atoms with Crippen molar-refractivity contribution in [3.8, 4) is 0 Å². The van der Waals surface area contributed by atoms with Crippen molar-refractivity contribution in [3.63, 3.8) is 0 Å². The van der Waals surface area contributed by atoms with Crippen molar-refractivity contribution in [1.29, 1.82) is 0 Å². The second-order valence-electron chi connectivity index (χ2n) is 5.78. The molecule has 1 aliphatic heterocycles. The molecule has 6 nitrogen and oxygen atoms in total. The molecule has 25 heavy (non-hydrogen) atoms. The first-order valence-corrected chi connectivity index (χ1v) is 7.79. The molecule has 0 saturated heterocycles. The minimum absolute atomic E-state index is 0.194. The van der Waals surface area contributed by atoms with Crippen LogP contribution in [-0.2, 0) is 20.9 Å². The molecule has 2 heterocycles. The van der Waals surface area contributed by atoms with Gasteiger partial charge in [0.1, 0.15) is 5.76 Å². The van der Waals surface area contributed by atoms with E-state index in [0.717, 1.165) is 11.1 Å². The minimum Gasteiger partial charge on any atom is -0.472 e. The van der Waals surface area contributed by atoms with Gasteiger partial charge in [-0.25, -0.2) is 9.59 Å². The number of esters is 2. The Morgan fingerprint density at radius 2 is 1.60 bits per heavy atom. The van der Waals surface area contributed by atoms with Gasteiger partial charge >= 0.3 is 11.9 Å². The third-order valence-corrected chi connectivity index (χ3v) is 4.30. The molecule has 0 radical (unpaired) electrons. The Kier molecular flexibility index (Phi) is 4.35. The minimum atomic E-state index is -0.585. The van der Waals surface area contributed by atoms with Crippen LogP contribution >= 0.6 is 0 Å². The average molecular weight is 341 g/mol. The Balaban J connectivity index is 2.19. The van der Waals surface area contributed by atoms with E-state index in [0.29, 0.717) is 17.1 Å². The highest BCUT2D eigenvalue weighted by Gasteiger charge is 2.32. The Morgan fingerprint density at radius 3 is 2.20 bits per heavy atom. The van der Waals surface area contributed by atoms with Crippen molar-refractivity contribution in [2.75, 3.05) is 14.2 Å². The molecule has 1 aliphatic rings. The van der Waals surface area contributed by atoms with Crippen LogP contribution in [0.25, 0.3) is 11.8 Å². The van der Waals surface area contributed by atoms with Crippen LogP contribution in [-0.4, -0.2) is 30.7 Å². The third kappa shape index (κ3) is 2.80. The molecule has 0 saturated carbocycles. The summed E-state index contributed by atoms with van der Waals surface area (Å²) in [5, 5.41) is 0. The molecule has 6 heteroatoms. The summed E-state index contributed by atoms with van der Waals surface area (Å²) in [6, 6.07) is 7.87. The van der Waals surface area contributed by atoms with Crippen LogP contribution < -0.4 is 0 Å². The maximum absolute atomic E-state index is 12.3. The lowest BCUT2D eigenvalue weighted by Gasteiger charge is -2.20. The summed E-state index contributed by atoms with van der Waals surface area (Å²) in [4.78, 5) is 24.5. The summed E-state index contributed by atoms with van der Waals surface area (Å²) >= 11 is 0. The van der Waals surface area contributed by atoms with Crippen molar-refractivity contribution in [2.24, 2.45) is 0 Å². The Hall–Kier alpha value is -3.02. The van der Waals surface area contributed by atoms with Crippen molar-refractivity contribution < 1.29 is 23.8 Å². The second-order valence-corrected chi connectivity index (χ2v) is 5.78. The van der Waals surface area contributed by atoms with E-state index in [9.17, 15) is 9.59 Å². The van der Waals surface area contributed by atoms with Gasteiger partial charge in [0.15, 0.2) is 6.73 Å². The van der Waals surface area contributed by atoms with E-state index in [2.05, 4.69) is 0 Å². The van der Waals surface area contributed by atoms with Crippen molar-refractivity contribution >= 4 is 23.8 Å². The standard InChI is InChI=1S/C19H19NO5/c1-11-5-7-13(8-6-11)15-9-14-17(19(22)24-4)16(18(21)23-3)12(2)20(14)10-25-15/h5-9H,10H2,1-4H3. The Labute approximate surface area is 145 Å². The maximum Gasteiger partial charge on any atom is 0.340 e. The fourth-order valence-electron chi connectivity index (χ4n) is 2.92. The van der Waals surface area contributed by atoms with Gasteiger partial charge in [0, 0.05) is 17.3 Å². The van der Waals surface area contributed by atoms with E-state index < -0.39 is 11.9 Å². The number of carbonyl (C=O) groups is 2. The van der Waals surface area contributed by atoms with E-state index in [1.54, 1.807) is 17.6 Å². The van der Waals surface area contributed by atoms with Crippen LogP contribution in [0.5, 0.6) is 0 Å². The van der Waals surface area contributed by atoms with Gasteiger partial charge in [0.05, 0.1) is 31.0 Å². The number of methoxy groups -OCH3 is 2. The number of carbonyl (C=O) groups excluding carboxylic acids is 2. The molecule has 1 aromatic heterocycles. The van der Waals surface area contributed by atoms with Crippen molar-refractivity contribution in [2.45, 2.75) is 20.6 Å². The zero-order valence-corrected chi connectivity index (χ0v) is 14.6. The van der Waals surface area contributed by atoms with E-state index in [-0.39, 0.29) is 17.9 Å². The number of benzene rings is 1. The summed E-state index contributed by atoms with van der Waals surface area (Å²) < 4.78 is 17.3. The lowest BCUT2D eigenvalue weighted by Crippen LogP contribution is -2.13. The molecule has 0 spiro atoms. The van der Waals surface area contributed by atoms with Gasteiger partial charge in [-0.3, -0.25) is 0 Å². The highest BCUT2D eigenvalue weighted by atomic mass is 16.5. The molecule has 0 aliphatic carbocycles. The molecule has 0 N–H and O–H groups in total. The molecule has 2 aromatic rings. The summed E-state index contributed by atoms with van der Waals surface area (Å²) in [5.41, 5.74) is 3.61. The number of ether oxygens (including phenoxy) is 3. The van der Waals surface area contributed by atoms with Crippen LogP contribution in [0.4, 0.5) is 0 Å². The van der Waals surface area contributed by atoms with Crippen molar-refractivity contribution in [1.82, 2.24) is 4.57 Å². The van der Waals surface area contributed by atoms with Gasteiger partial charge in [-0.1, -0.05) is 29.8 Å². The van der Waals surface area contributed by atoms with Gasteiger partial charge in [-0.05, 0) is 13.8 Å². The van der Waals surface area contributed by atoms with Crippen LogP contribution in [0.2, 0.25) is 0 Å². The lowest BCUT2D eigenvalue weighted by molar-refractivity contribution is 0.0556. The van der Waals surface area contributed by atoms with Gasteiger partial charge in [0.2, 0.25) is 0 Å². The quantitative estimate of drug-likeness (QED) is 0.802. The fourth-order valence-corrected chi connectivity index (χ4v) is 2.92. The Bertz CT molecular complexity index is 874. The number of hydrogen-bond acceptors (Lipinski definition) is 5. The zero-order valence-electron chi connectivity index (χ0n) is 14.6. The van der Waals surface area contributed by atoms with E-state index >= 15 is 0 Å². The maximum atomic E-state index is 12.3. The largest absolute Gasteiger partial charge is 0.472 e. The van der Waals surface area contributed by atoms with Crippen LogP contribution in [0.1, 0.15) is 43.2 Å². The molecule has 1 aromatic carbocycles. The summed E-state index contributed by atoms with van der Waals surface area (Å²) in [7, 11) is 2.57. The van der Waals surface area contributed by atoms with Gasteiger partial charge in [-0.15, -0.1) is 0 Å². The second kappa shape index (κ2) is 6.47. The normalized spacial score (nSPS) is 12.7. The molecule has 0 amide bonds. The van der Waals surface area contributed by atoms with Gasteiger partial charge < -0.3 is 18.8 Å². The SMILES string of the molecule is COC(=O)c1c(C(=O)OC)c2n(c1C)COC(c1ccc(C)cc1)=C2. The molecule has 3 rings (SSSR count). The molecule has 0 fully saturated rings. The van der Waals surface area contributed by atoms with Gasteiger partial charge in [-0.2, -0.15) is 0 Å². The summed E-state index contributed by atoms with van der Waals surface area (Å²) in [6.45, 7) is 3.95. The third-order valence-electron chi connectivity index (χ3n) is 4.30. The number of rotatable bonds is 3. The molecule has 0 unspecified atom stereocenters. The molecular weight excluding hydrogens is 322 g/mol. The fraction of sp³-hybridized carbons (Fsp3) is 0.263. The zero-order chi connectivity index (χ0) is 18.1. The molecule has 0 atom stereocenters. The average Bonchev–Trinajstić information content (AvgIpc) is 2.93. The van der Waals surface area contributed by atoms with Crippen LogP contribution in [0.15, 0.2) is 24.3 Å². The Morgan fingerprint density at radius 1 is 1.00 bits per heavy atom. The number of fused-ring (bicyclic) bond motifs is 1. The van der Waals surface area contributed by atoms with E-state index in [4.69, 9.17) is 14.2 Å². The number of aryl methyl sites for hydroxylation is 1. The first-order valence-electron chi connectivity index (χ1n) is 7.79. The first-order chi connectivity index (χ1) is 12.0. The summed E-state index contributed by atoms with van der Waals surface area (Å²) in [5.74, 6) is -0.532. The van der Waals surface area contributed by atoms with Crippen LogP contribution in [0.3, 0.4) is 0 Å².